The van der Waals surface area contributed by atoms with Crippen LogP contribution >= 0.6 is 11.6 Å². The van der Waals surface area contributed by atoms with Crippen LogP contribution in [0.5, 0.6) is 5.75 Å². The molecular formula is C16H19ClFNO2. The number of hydrogen-bond donors (Lipinski definition) is 1. The molecule has 0 saturated heterocycles. The molecule has 0 atom stereocenters. The SMILES string of the molecule is CC(C)(C)NCc1occc1COc1ccc(F)cc1Cl. The first-order valence-corrected chi connectivity index (χ1v) is 7.11. The number of hydrogen-bond acceptors (Lipinski definition) is 3. The summed E-state index contributed by atoms with van der Waals surface area (Å²) in [7, 11) is 0. The second-order valence-electron chi connectivity index (χ2n) is 5.84. The van der Waals surface area contributed by atoms with Crippen LogP contribution < -0.4 is 10.1 Å². The van der Waals surface area contributed by atoms with Gasteiger partial charge in [-0.2, -0.15) is 0 Å². The lowest BCUT2D eigenvalue weighted by molar-refractivity contribution is 0.299. The van der Waals surface area contributed by atoms with E-state index < -0.39 is 0 Å². The molecular weight excluding hydrogens is 293 g/mol. The summed E-state index contributed by atoms with van der Waals surface area (Å²) in [4.78, 5) is 0. The third-order valence-electron chi connectivity index (χ3n) is 2.89. The summed E-state index contributed by atoms with van der Waals surface area (Å²) in [5.41, 5.74) is 0.942. The highest BCUT2D eigenvalue weighted by Crippen LogP contribution is 2.26. The quantitative estimate of drug-likeness (QED) is 0.880. The molecule has 3 nitrogen and oxygen atoms in total. The lowest BCUT2D eigenvalue weighted by Crippen LogP contribution is -2.35. The molecule has 1 aromatic heterocycles. The zero-order chi connectivity index (χ0) is 15.5. The molecule has 0 bridgehead atoms. The van der Waals surface area contributed by atoms with Crippen molar-refractivity contribution in [3.8, 4) is 5.75 Å². The molecule has 0 spiro atoms. The lowest BCUT2D eigenvalue weighted by Gasteiger charge is -2.20. The van der Waals surface area contributed by atoms with E-state index in [1.165, 1.54) is 18.2 Å². The second-order valence-corrected chi connectivity index (χ2v) is 6.24. The van der Waals surface area contributed by atoms with Gasteiger partial charge in [0.2, 0.25) is 0 Å². The van der Waals surface area contributed by atoms with Crippen molar-refractivity contribution in [3.05, 3.63) is 52.7 Å². The minimum absolute atomic E-state index is 0.00514. The zero-order valence-corrected chi connectivity index (χ0v) is 13.1. The van der Waals surface area contributed by atoms with E-state index in [1.54, 1.807) is 6.26 Å². The number of furan rings is 1. The first-order valence-electron chi connectivity index (χ1n) is 6.73. The van der Waals surface area contributed by atoms with Gasteiger partial charge in [-0.1, -0.05) is 11.6 Å². The molecule has 5 heteroatoms. The molecule has 2 rings (SSSR count). The summed E-state index contributed by atoms with van der Waals surface area (Å²) in [6, 6.07) is 5.93. The highest BCUT2D eigenvalue weighted by Gasteiger charge is 2.13. The Hall–Kier alpha value is -1.52. The standard InChI is InChI=1S/C16H19ClFNO2/c1-16(2,3)19-9-15-11(6-7-20-15)10-21-14-5-4-12(18)8-13(14)17/h4-8,19H,9-10H2,1-3H3. The Bertz CT molecular complexity index is 605. The molecule has 1 N–H and O–H groups in total. The first kappa shape index (κ1) is 15.9. The summed E-state index contributed by atoms with van der Waals surface area (Å²) in [6.07, 6.45) is 1.63. The number of rotatable bonds is 5. The fourth-order valence-corrected chi connectivity index (χ4v) is 1.97. The summed E-state index contributed by atoms with van der Waals surface area (Å²) < 4.78 is 24.1. The summed E-state index contributed by atoms with van der Waals surface area (Å²) in [6.45, 7) is 7.20. The smallest absolute Gasteiger partial charge is 0.138 e. The van der Waals surface area contributed by atoms with Crippen molar-refractivity contribution in [2.45, 2.75) is 39.5 Å². The van der Waals surface area contributed by atoms with Crippen LogP contribution in [0.15, 0.2) is 34.9 Å². The highest BCUT2D eigenvalue weighted by atomic mass is 35.5. The molecule has 0 saturated carbocycles. The summed E-state index contributed by atoms with van der Waals surface area (Å²) in [5, 5.41) is 3.61. The van der Waals surface area contributed by atoms with Gasteiger partial charge in [0.05, 0.1) is 17.8 Å². The van der Waals surface area contributed by atoms with E-state index >= 15 is 0 Å². The van der Waals surface area contributed by atoms with Crippen LogP contribution in [0.1, 0.15) is 32.1 Å². The molecule has 0 radical (unpaired) electrons. The van der Waals surface area contributed by atoms with Crippen LogP contribution in [-0.2, 0) is 13.2 Å². The van der Waals surface area contributed by atoms with Gasteiger partial charge < -0.3 is 14.5 Å². The fourth-order valence-electron chi connectivity index (χ4n) is 1.74. The zero-order valence-electron chi connectivity index (χ0n) is 12.4. The van der Waals surface area contributed by atoms with Gasteiger partial charge >= 0.3 is 0 Å². The monoisotopic (exact) mass is 311 g/mol. The second kappa shape index (κ2) is 6.50. The lowest BCUT2D eigenvalue weighted by atomic mass is 10.1. The van der Waals surface area contributed by atoms with E-state index in [9.17, 15) is 4.39 Å². The Morgan fingerprint density at radius 2 is 2.05 bits per heavy atom. The van der Waals surface area contributed by atoms with Gasteiger partial charge in [0.15, 0.2) is 0 Å². The van der Waals surface area contributed by atoms with E-state index in [2.05, 4.69) is 26.1 Å². The third-order valence-corrected chi connectivity index (χ3v) is 3.19. The maximum atomic E-state index is 13.0. The van der Waals surface area contributed by atoms with Crippen LogP contribution in [-0.4, -0.2) is 5.54 Å². The third kappa shape index (κ3) is 4.76. The Morgan fingerprint density at radius 1 is 1.29 bits per heavy atom. The van der Waals surface area contributed by atoms with E-state index in [1.807, 2.05) is 6.07 Å². The van der Waals surface area contributed by atoms with Gasteiger partial charge in [0, 0.05) is 11.1 Å². The predicted octanol–water partition coefficient (Wildman–Crippen LogP) is 4.54. The van der Waals surface area contributed by atoms with Crippen molar-refractivity contribution in [3.63, 3.8) is 0 Å². The Kier molecular flexibility index (Phi) is 4.91. The molecule has 0 aliphatic rings. The molecule has 0 unspecified atom stereocenters. The predicted molar refractivity (Wildman–Crippen MR) is 81.0 cm³/mol. The summed E-state index contributed by atoms with van der Waals surface area (Å²) >= 11 is 5.93. The molecule has 114 valence electrons. The largest absolute Gasteiger partial charge is 0.487 e. The Labute approximate surface area is 129 Å². The van der Waals surface area contributed by atoms with Crippen LogP contribution in [0.4, 0.5) is 4.39 Å². The average Bonchev–Trinajstić information content (AvgIpc) is 2.82. The Morgan fingerprint density at radius 3 is 2.71 bits per heavy atom. The van der Waals surface area contributed by atoms with Crippen molar-refractivity contribution in [2.24, 2.45) is 0 Å². The van der Waals surface area contributed by atoms with Crippen molar-refractivity contribution < 1.29 is 13.5 Å². The average molecular weight is 312 g/mol. The van der Waals surface area contributed by atoms with Gasteiger partial charge in [-0.15, -0.1) is 0 Å². The fraction of sp³-hybridized carbons (Fsp3) is 0.375. The minimum Gasteiger partial charge on any atom is -0.487 e. The molecule has 0 fully saturated rings. The minimum atomic E-state index is -0.384. The molecule has 1 aromatic carbocycles. The molecule has 21 heavy (non-hydrogen) atoms. The molecule has 0 aliphatic carbocycles. The van der Waals surface area contributed by atoms with Crippen LogP contribution in [0.2, 0.25) is 5.02 Å². The molecule has 2 aromatic rings. The van der Waals surface area contributed by atoms with E-state index in [0.29, 0.717) is 18.9 Å². The molecule has 1 heterocycles. The van der Waals surface area contributed by atoms with Crippen molar-refractivity contribution in [1.29, 1.82) is 0 Å². The van der Waals surface area contributed by atoms with Gasteiger partial charge in [-0.25, -0.2) is 4.39 Å². The van der Waals surface area contributed by atoms with E-state index in [4.69, 9.17) is 20.8 Å². The Balaban J connectivity index is 1.99. The highest BCUT2D eigenvalue weighted by molar-refractivity contribution is 6.32. The number of ether oxygens (including phenoxy) is 1. The maximum Gasteiger partial charge on any atom is 0.138 e. The summed E-state index contributed by atoms with van der Waals surface area (Å²) in [5.74, 6) is 0.892. The molecule has 0 amide bonds. The first-order chi connectivity index (χ1) is 9.85. The number of benzene rings is 1. The van der Waals surface area contributed by atoms with Crippen LogP contribution in [0.25, 0.3) is 0 Å². The molecule has 0 aliphatic heterocycles. The van der Waals surface area contributed by atoms with Gasteiger partial charge in [-0.3, -0.25) is 0 Å². The van der Waals surface area contributed by atoms with Gasteiger partial charge in [-0.05, 0) is 45.0 Å². The van der Waals surface area contributed by atoms with Crippen molar-refractivity contribution in [2.75, 3.05) is 0 Å². The number of nitrogens with one attached hydrogen (secondary N) is 1. The van der Waals surface area contributed by atoms with Crippen molar-refractivity contribution >= 4 is 11.6 Å². The van der Waals surface area contributed by atoms with Crippen LogP contribution in [0.3, 0.4) is 0 Å². The maximum absolute atomic E-state index is 13.0. The van der Waals surface area contributed by atoms with E-state index in [0.717, 1.165) is 11.3 Å². The van der Waals surface area contributed by atoms with Crippen LogP contribution in [0, 0.1) is 5.82 Å². The number of halogens is 2. The van der Waals surface area contributed by atoms with Gasteiger partial charge in [0.25, 0.3) is 0 Å². The topological polar surface area (TPSA) is 34.4 Å². The normalized spacial score (nSPS) is 11.7. The van der Waals surface area contributed by atoms with Crippen molar-refractivity contribution in [1.82, 2.24) is 5.32 Å². The van der Waals surface area contributed by atoms with Gasteiger partial charge in [0.1, 0.15) is 23.9 Å². The van der Waals surface area contributed by atoms with E-state index in [-0.39, 0.29) is 16.4 Å².